The Hall–Kier alpha value is -3.67. The van der Waals surface area contributed by atoms with E-state index in [9.17, 15) is 9.59 Å². The van der Waals surface area contributed by atoms with Crippen molar-refractivity contribution in [2.75, 3.05) is 6.54 Å². The fraction of sp³-hybridized carbons (Fsp3) is 0.321. The molecule has 2 amide bonds. The third kappa shape index (κ3) is 4.96. The minimum Gasteiger partial charge on any atom is -0.490 e. The first-order valence-corrected chi connectivity index (χ1v) is 12.0. The Balaban J connectivity index is 1.31. The van der Waals surface area contributed by atoms with Gasteiger partial charge in [-0.25, -0.2) is 0 Å². The van der Waals surface area contributed by atoms with Crippen LogP contribution >= 0.6 is 0 Å². The Bertz CT molecular complexity index is 1120. The van der Waals surface area contributed by atoms with Crippen LogP contribution in [0, 0.1) is 0 Å². The van der Waals surface area contributed by atoms with E-state index in [0.717, 1.165) is 37.0 Å². The minimum atomic E-state index is -0.509. The van der Waals surface area contributed by atoms with Crippen molar-refractivity contribution >= 4 is 11.8 Å². The van der Waals surface area contributed by atoms with Gasteiger partial charge < -0.3 is 15.0 Å². The second-order valence-corrected chi connectivity index (χ2v) is 9.01. The summed E-state index contributed by atoms with van der Waals surface area (Å²) < 4.78 is 6.23. The average molecular weight is 456 g/mol. The summed E-state index contributed by atoms with van der Waals surface area (Å²) in [5, 5.41) is 2.95. The van der Waals surface area contributed by atoms with E-state index in [1.54, 1.807) is 29.3 Å². The standard InChI is InChI=1S/C28H29N3O3/c32-27-26(10-4-6-16-30-27)31(28(33)25-9-3-5-15-29-25)19-20-11-13-23(14-12-20)34-24-17-21-7-1-2-8-22(21)18-24/h1-3,5,7-9,11-15,24,26H,4,6,10,16-19H2,(H,30,32)/t26-/m0/s1. The zero-order valence-electron chi connectivity index (χ0n) is 19.2. The minimum absolute atomic E-state index is 0.0949. The van der Waals surface area contributed by atoms with Gasteiger partial charge in [-0.15, -0.1) is 0 Å². The Morgan fingerprint density at radius 3 is 2.41 bits per heavy atom. The first-order valence-electron chi connectivity index (χ1n) is 12.0. The number of nitrogens with zero attached hydrogens (tertiary/aromatic N) is 2. The van der Waals surface area contributed by atoms with E-state index in [4.69, 9.17) is 4.74 Å². The van der Waals surface area contributed by atoms with Crippen LogP contribution in [0.25, 0.3) is 0 Å². The summed E-state index contributed by atoms with van der Waals surface area (Å²) in [6, 6.07) is 21.1. The number of carbonyl (C=O) groups excluding carboxylic acids is 2. The van der Waals surface area contributed by atoms with Gasteiger partial charge in [0.25, 0.3) is 5.91 Å². The molecule has 1 aliphatic carbocycles. The van der Waals surface area contributed by atoms with Crippen molar-refractivity contribution in [3.05, 3.63) is 95.3 Å². The molecule has 0 bridgehead atoms. The topological polar surface area (TPSA) is 71.5 Å². The Labute approximate surface area is 200 Å². The quantitative estimate of drug-likeness (QED) is 0.611. The summed E-state index contributed by atoms with van der Waals surface area (Å²) in [6.07, 6.45) is 6.04. The molecule has 1 saturated heterocycles. The van der Waals surface area contributed by atoms with Gasteiger partial charge in [-0.3, -0.25) is 14.6 Å². The van der Waals surface area contributed by atoms with Gasteiger partial charge in [-0.05, 0) is 60.2 Å². The lowest BCUT2D eigenvalue weighted by atomic mass is 10.1. The number of hydrogen-bond acceptors (Lipinski definition) is 4. The lowest BCUT2D eigenvalue weighted by Gasteiger charge is -2.30. The zero-order valence-corrected chi connectivity index (χ0v) is 19.2. The number of hydrogen-bond donors (Lipinski definition) is 1. The lowest BCUT2D eigenvalue weighted by Crippen LogP contribution is -2.48. The maximum absolute atomic E-state index is 13.4. The van der Waals surface area contributed by atoms with E-state index >= 15 is 0 Å². The predicted octanol–water partition coefficient (Wildman–Crippen LogP) is 3.94. The molecule has 0 unspecified atom stereocenters. The number of fused-ring (bicyclic) bond motifs is 1. The van der Waals surface area contributed by atoms with Crippen LogP contribution in [0.2, 0.25) is 0 Å². The molecule has 1 N–H and O–H groups in total. The summed E-state index contributed by atoms with van der Waals surface area (Å²) >= 11 is 0. The van der Waals surface area contributed by atoms with Crippen molar-refractivity contribution < 1.29 is 14.3 Å². The summed E-state index contributed by atoms with van der Waals surface area (Å²) in [5.74, 6) is 0.491. The van der Waals surface area contributed by atoms with E-state index in [2.05, 4.69) is 34.6 Å². The van der Waals surface area contributed by atoms with Crippen molar-refractivity contribution in [3.8, 4) is 5.75 Å². The molecule has 6 nitrogen and oxygen atoms in total. The third-order valence-electron chi connectivity index (χ3n) is 6.62. The van der Waals surface area contributed by atoms with Gasteiger partial charge >= 0.3 is 0 Å². The molecule has 1 aromatic heterocycles. The van der Waals surface area contributed by atoms with Crippen molar-refractivity contribution in [3.63, 3.8) is 0 Å². The molecule has 2 aliphatic rings. The largest absolute Gasteiger partial charge is 0.490 e. The van der Waals surface area contributed by atoms with Crippen LogP contribution in [0.15, 0.2) is 72.9 Å². The van der Waals surface area contributed by atoms with Crippen LogP contribution in [-0.4, -0.2) is 40.4 Å². The molecule has 0 spiro atoms. The molecule has 1 fully saturated rings. The summed E-state index contributed by atoms with van der Waals surface area (Å²) in [7, 11) is 0. The molecule has 0 radical (unpaired) electrons. The molecule has 3 aromatic rings. The van der Waals surface area contributed by atoms with Crippen molar-refractivity contribution in [1.82, 2.24) is 15.2 Å². The number of carbonyl (C=O) groups is 2. The predicted molar refractivity (Wildman–Crippen MR) is 129 cm³/mol. The highest BCUT2D eigenvalue weighted by Gasteiger charge is 2.32. The average Bonchev–Trinajstić information content (AvgIpc) is 3.16. The van der Waals surface area contributed by atoms with E-state index < -0.39 is 6.04 Å². The summed E-state index contributed by atoms with van der Waals surface area (Å²) in [4.78, 5) is 32.0. The molecule has 1 atom stereocenters. The van der Waals surface area contributed by atoms with Crippen LogP contribution in [0.1, 0.15) is 46.4 Å². The first-order chi connectivity index (χ1) is 16.7. The molecule has 0 saturated carbocycles. The van der Waals surface area contributed by atoms with Gasteiger partial charge in [0.1, 0.15) is 23.6 Å². The van der Waals surface area contributed by atoms with Gasteiger partial charge in [0, 0.05) is 32.1 Å². The first kappa shape index (κ1) is 22.1. The monoisotopic (exact) mass is 455 g/mol. The van der Waals surface area contributed by atoms with Gasteiger partial charge in [0.15, 0.2) is 0 Å². The molecule has 5 rings (SSSR count). The molecule has 6 heteroatoms. The van der Waals surface area contributed by atoms with Gasteiger partial charge in [0.05, 0.1) is 0 Å². The molecule has 2 heterocycles. The van der Waals surface area contributed by atoms with Crippen LogP contribution in [0.5, 0.6) is 5.75 Å². The van der Waals surface area contributed by atoms with Crippen LogP contribution in [-0.2, 0) is 24.2 Å². The number of ether oxygens (including phenoxy) is 1. The third-order valence-corrected chi connectivity index (χ3v) is 6.62. The number of benzene rings is 2. The second-order valence-electron chi connectivity index (χ2n) is 9.01. The zero-order chi connectivity index (χ0) is 23.3. The fourth-order valence-electron chi connectivity index (χ4n) is 4.84. The Kier molecular flexibility index (Phi) is 6.56. The van der Waals surface area contributed by atoms with E-state index in [1.807, 2.05) is 24.3 Å². The Morgan fingerprint density at radius 1 is 0.971 bits per heavy atom. The number of nitrogens with one attached hydrogen (secondary N) is 1. The SMILES string of the molecule is O=C1NCCCC[C@@H]1N(Cc1ccc(OC2Cc3ccccc3C2)cc1)C(=O)c1ccccn1. The number of amides is 2. The van der Waals surface area contributed by atoms with Gasteiger partial charge in [-0.1, -0.05) is 42.5 Å². The number of pyridine rings is 1. The van der Waals surface area contributed by atoms with Crippen LogP contribution in [0.4, 0.5) is 0 Å². The van der Waals surface area contributed by atoms with Gasteiger partial charge in [0.2, 0.25) is 5.91 Å². The molecule has 2 aromatic carbocycles. The normalized spacial score (nSPS) is 18.0. The maximum atomic E-state index is 13.4. The highest BCUT2D eigenvalue weighted by molar-refractivity contribution is 5.96. The smallest absolute Gasteiger partial charge is 0.273 e. The highest BCUT2D eigenvalue weighted by atomic mass is 16.5. The van der Waals surface area contributed by atoms with Crippen molar-refractivity contribution in [1.29, 1.82) is 0 Å². The van der Waals surface area contributed by atoms with Crippen molar-refractivity contribution in [2.45, 2.75) is 50.8 Å². The van der Waals surface area contributed by atoms with E-state index in [-0.39, 0.29) is 17.9 Å². The highest BCUT2D eigenvalue weighted by Crippen LogP contribution is 2.26. The van der Waals surface area contributed by atoms with E-state index in [1.165, 1.54) is 11.1 Å². The molecule has 174 valence electrons. The molecular weight excluding hydrogens is 426 g/mol. The number of aromatic nitrogens is 1. The molecule has 1 aliphatic heterocycles. The fourth-order valence-corrected chi connectivity index (χ4v) is 4.84. The Morgan fingerprint density at radius 2 is 1.71 bits per heavy atom. The second kappa shape index (κ2) is 10.1. The number of rotatable bonds is 6. The van der Waals surface area contributed by atoms with Gasteiger partial charge in [-0.2, -0.15) is 0 Å². The van der Waals surface area contributed by atoms with Crippen molar-refractivity contribution in [2.24, 2.45) is 0 Å². The van der Waals surface area contributed by atoms with E-state index in [0.29, 0.717) is 25.2 Å². The molecular formula is C28H29N3O3. The molecule has 34 heavy (non-hydrogen) atoms. The maximum Gasteiger partial charge on any atom is 0.273 e. The summed E-state index contributed by atoms with van der Waals surface area (Å²) in [5.41, 5.74) is 4.01. The van der Waals surface area contributed by atoms with Crippen LogP contribution in [0.3, 0.4) is 0 Å². The summed E-state index contributed by atoms with van der Waals surface area (Å²) in [6.45, 7) is 0.987. The lowest BCUT2D eigenvalue weighted by molar-refractivity contribution is -0.125. The van der Waals surface area contributed by atoms with Crippen LogP contribution < -0.4 is 10.1 Å².